The van der Waals surface area contributed by atoms with Crippen LogP contribution in [0.25, 0.3) is 5.69 Å². The summed E-state index contributed by atoms with van der Waals surface area (Å²) in [6, 6.07) is 9.41. The van der Waals surface area contributed by atoms with Gasteiger partial charge in [-0.2, -0.15) is 9.78 Å². The molecule has 1 aliphatic heterocycles. The molecule has 3 N–H and O–H groups in total. The smallest absolute Gasteiger partial charge is 0.356 e. The number of aromatic carboxylic acids is 1. The van der Waals surface area contributed by atoms with Gasteiger partial charge in [-0.3, -0.25) is 9.69 Å². The van der Waals surface area contributed by atoms with Crippen LogP contribution in [0.2, 0.25) is 0 Å². The van der Waals surface area contributed by atoms with E-state index in [4.69, 9.17) is 9.47 Å². The first-order valence-electron chi connectivity index (χ1n) is 13.5. The Labute approximate surface area is 243 Å². The van der Waals surface area contributed by atoms with E-state index in [2.05, 4.69) is 20.0 Å². The predicted octanol–water partition coefficient (Wildman–Crippen LogP) is 3.41. The standard InChI is InChI=1S/C28H34FN5O7S/c1-18(2)26(35)31-21-8-9-23(24(17-21)42(38,39)30-10-5-11-33-12-14-40-15-13-33)41-27-19(3)25(28(36)37)32-34(27)22-7-4-6-20(29)16-22/h4,6-9,16-18,30H,5,10-15H2,1-3H3,(H,31,35)(H,36,37). The number of nitrogens with zero attached hydrogens (tertiary/aromatic N) is 3. The van der Waals surface area contributed by atoms with Crippen LogP contribution in [0.4, 0.5) is 10.1 Å². The van der Waals surface area contributed by atoms with Gasteiger partial charge in [-0.25, -0.2) is 22.3 Å². The van der Waals surface area contributed by atoms with Gasteiger partial charge >= 0.3 is 5.97 Å². The van der Waals surface area contributed by atoms with Crippen molar-refractivity contribution >= 4 is 27.6 Å². The van der Waals surface area contributed by atoms with Gasteiger partial charge < -0.3 is 19.9 Å². The monoisotopic (exact) mass is 603 g/mol. The van der Waals surface area contributed by atoms with E-state index in [0.29, 0.717) is 26.2 Å². The minimum absolute atomic E-state index is 0.103. The summed E-state index contributed by atoms with van der Waals surface area (Å²) in [5, 5.41) is 16.4. The van der Waals surface area contributed by atoms with Gasteiger partial charge in [0.15, 0.2) is 5.69 Å². The third kappa shape index (κ3) is 7.50. The molecule has 226 valence electrons. The molecule has 14 heteroatoms. The number of sulfonamides is 1. The minimum Gasteiger partial charge on any atom is -0.476 e. The number of carbonyl (C=O) groups is 2. The Bertz CT molecular complexity index is 1550. The fourth-order valence-corrected chi connectivity index (χ4v) is 5.49. The van der Waals surface area contributed by atoms with Crippen LogP contribution in [-0.2, 0) is 19.6 Å². The molecular weight excluding hydrogens is 569 g/mol. The third-order valence-corrected chi connectivity index (χ3v) is 8.08. The first-order chi connectivity index (χ1) is 20.0. The number of hydrogen-bond acceptors (Lipinski definition) is 8. The quantitative estimate of drug-likeness (QED) is 0.265. The van der Waals surface area contributed by atoms with Crippen LogP contribution in [-0.4, -0.2) is 79.5 Å². The lowest BCUT2D eigenvalue weighted by Gasteiger charge is -2.26. The fourth-order valence-electron chi connectivity index (χ4n) is 4.27. The number of amides is 1. The number of halogens is 1. The van der Waals surface area contributed by atoms with Gasteiger partial charge in [0, 0.05) is 36.8 Å². The molecule has 1 amide bonds. The molecule has 1 aromatic heterocycles. The number of anilines is 1. The van der Waals surface area contributed by atoms with Crippen molar-refractivity contribution in [3.8, 4) is 17.3 Å². The zero-order chi connectivity index (χ0) is 30.4. The molecule has 0 radical (unpaired) electrons. The SMILES string of the molecule is Cc1c(C(=O)O)nn(-c2cccc(F)c2)c1Oc1ccc(NC(=O)C(C)C)cc1S(=O)(=O)NCCCN1CCOCC1. The van der Waals surface area contributed by atoms with E-state index >= 15 is 0 Å². The van der Waals surface area contributed by atoms with Crippen molar-refractivity contribution in [3.05, 3.63) is 59.5 Å². The van der Waals surface area contributed by atoms with Crippen molar-refractivity contribution in [3.63, 3.8) is 0 Å². The van der Waals surface area contributed by atoms with E-state index in [9.17, 15) is 27.5 Å². The van der Waals surface area contributed by atoms with E-state index in [1.807, 2.05) is 0 Å². The molecule has 1 saturated heterocycles. The maximum atomic E-state index is 14.0. The highest BCUT2D eigenvalue weighted by molar-refractivity contribution is 7.89. The Balaban J connectivity index is 1.69. The predicted molar refractivity (Wildman–Crippen MR) is 152 cm³/mol. The maximum Gasteiger partial charge on any atom is 0.356 e. The number of morpholine rings is 1. The second-order valence-electron chi connectivity index (χ2n) is 10.1. The first-order valence-corrected chi connectivity index (χ1v) is 15.0. The molecule has 0 atom stereocenters. The highest BCUT2D eigenvalue weighted by Gasteiger charge is 2.27. The molecule has 4 rings (SSSR count). The van der Waals surface area contributed by atoms with Crippen LogP contribution < -0.4 is 14.8 Å². The Hall–Kier alpha value is -3.85. The van der Waals surface area contributed by atoms with Gasteiger partial charge in [-0.15, -0.1) is 0 Å². The lowest BCUT2D eigenvalue weighted by atomic mass is 10.2. The number of carboxylic acids is 1. The summed E-state index contributed by atoms with van der Waals surface area (Å²) in [7, 11) is -4.17. The number of rotatable bonds is 12. The lowest BCUT2D eigenvalue weighted by Crippen LogP contribution is -2.38. The van der Waals surface area contributed by atoms with Crippen LogP contribution >= 0.6 is 0 Å². The molecule has 0 unspecified atom stereocenters. The number of aromatic nitrogens is 2. The second-order valence-corrected chi connectivity index (χ2v) is 11.8. The number of benzene rings is 2. The molecular formula is C28H34FN5O7S. The van der Waals surface area contributed by atoms with Crippen molar-refractivity contribution in [1.29, 1.82) is 0 Å². The summed E-state index contributed by atoms with van der Waals surface area (Å²) in [5.74, 6) is -2.84. The fraction of sp³-hybridized carbons (Fsp3) is 0.393. The third-order valence-electron chi connectivity index (χ3n) is 6.60. The highest BCUT2D eigenvalue weighted by Crippen LogP contribution is 2.35. The number of carbonyl (C=O) groups excluding carboxylic acids is 1. The Morgan fingerprint density at radius 3 is 2.57 bits per heavy atom. The molecule has 0 spiro atoms. The van der Waals surface area contributed by atoms with E-state index in [0.717, 1.165) is 23.8 Å². The summed E-state index contributed by atoms with van der Waals surface area (Å²) in [5.41, 5.74) is 0.162. The van der Waals surface area contributed by atoms with E-state index in [1.54, 1.807) is 13.8 Å². The summed E-state index contributed by atoms with van der Waals surface area (Å²) in [6.07, 6.45) is 0.548. The molecule has 2 heterocycles. The maximum absolute atomic E-state index is 14.0. The van der Waals surface area contributed by atoms with Crippen LogP contribution in [0.3, 0.4) is 0 Å². The van der Waals surface area contributed by atoms with Gasteiger partial charge in [-0.1, -0.05) is 19.9 Å². The van der Waals surface area contributed by atoms with E-state index in [-0.39, 0.29) is 57.5 Å². The van der Waals surface area contributed by atoms with Crippen LogP contribution in [0.5, 0.6) is 11.6 Å². The Morgan fingerprint density at radius 2 is 1.90 bits per heavy atom. The van der Waals surface area contributed by atoms with Crippen molar-refractivity contribution in [2.75, 3.05) is 44.7 Å². The molecule has 2 aromatic carbocycles. The summed E-state index contributed by atoms with van der Waals surface area (Å²) in [4.78, 5) is 26.1. The first kappa shape index (κ1) is 31.1. The largest absolute Gasteiger partial charge is 0.476 e. The van der Waals surface area contributed by atoms with Gasteiger partial charge in [0.25, 0.3) is 0 Å². The van der Waals surface area contributed by atoms with Crippen molar-refractivity contribution in [2.24, 2.45) is 5.92 Å². The normalized spacial score (nSPS) is 14.2. The Kier molecular flexibility index (Phi) is 9.93. The topological polar surface area (TPSA) is 152 Å². The van der Waals surface area contributed by atoms with Crippen molar-refractivity contribution in [1.82, 2.24) is 19.4 Å². The summed E-state index contributed by atoms with van der Waals surface area (Å²) >= 11 is 0. The molecule has 3 aromatic rings. The minimum atomic E-state index is -4.17. The lowest BCUT2D eigenvalue weighted by molar-refractivity contribution is -0.118. The van der Waals surface area contributed by atoms with Crippen molar-refractivity contribution in [2.45, 2.75) is 32.1 Å². The van der Waals surface area contributed by atoms with E-state index < -0.39 is 21.8 Å². The molecule has 0 bridgehead atoms. The zero-order valence-corrected chi connectivity index (χ0v) is 24.4. The molecule has 0 aliphatic carbocycles. The average molecular weight is 604 g/mol. The van der Waals surface area contributed by atoms with Crippen LogP contribution in [0.15, 0.2) is 47.4 Å². The molecule has 42 heavy (non-hydrogen) atoms. The highest BCUT2D eigenvalue weighted by atomic mass is 32.2. The number of nitrogens with one attached hydrogen (secondary N) is 2. The van der Waals surface area contributed by atoms with Gasteiger partial charge in [0.2, 0.25) is 21.8 Å². The van der Waals surface area contributed by atoms with Gasteiger partial charge in [0.05, 0.1) is 18.9 Å². The average Bonchev–Trinajstić information content (AvgIpc) is 3.28. The summed E-state index contributed by atoms with van der Waals surface area (Å²) < 4.78 is 56.2. The van der Waals surface area contributed by atoms with Crippen LogP contribution in [0, 0.1) is 18.7 Å². The van der Waals surface area contributed by atoms with Gasteiger partial charge in [-0.05, 0) is 56.3 Å². The number of hydrogen-bond donors (Lipinski definition) is 3. The molecule has 1 aliphatic rings. The van der Waals surface area contributed by atoms with Gasteiger partial charge in [0.1, 0.15) is 16.5 Å². The summed E-state index contributed by atoms with van der Waals surface area (Å²) in [6.45, 7) is 8.52. The molecule has 0 saturated carbocycles. The van der Waals surface area contributed by atoms with E-state index in [1.165, 1.54) is 43.3 Å². The molecule has 12 nitrogen and oxygen atoms in total. The second kappa shape index (κ2) is 13.4. The Morgan fingerprint density at radius 1 is 1.17 bits per heavy atom. The van der Waals surface area contributed by atoms with Crippen LogP contribution in [0.1, 0.15) is 36.3 Å². The van der Waals surface area contributed by atoms with Crippen molar-refractivity contribution < 1.29 is 37.0 Å². The molecule has 1 fully saturated rings. The zero-order valence-electron chi connectivity index (χ0n) is 23.6. The number of carboxylic acid groups (broad SMARTS) is 1. The number of ether oxygens (including phenoxy) is 2.